The number of benzene rings is 1. The zero-order chi connectivity index (χ0) is 20.5. The van der Waals surface area contributed by atoms with Gasteiger partial charge >= 0.3 is 6.09 Å². The van der Waals surface area contributed by atoms with Crippen molar-refractivity contribution in [2.24, 2.45) is 0 Å². The van der Waals surface area contributed by atoms with E-state index in [9.17, 15) is 14.4 Å². The summed E-state index contributed by atoms with van der Waals surface area (Å²) < 4.78 is 6.38. The van der Waals surface area contributed by atoms with Crippen LogP contribution in [0.5, 0.6) is 0 Å². The highest BCUT2D eigenvalue weighted by Crippen LogP contribution is 2.18. The Morgan fingerprint density at radius 2 is 1.86 bits per heavy atom. The molecule has 2 amide bonds. The molecule has 29 heavy (non-hydrogen) atoms. The molecule has 1 aliphatic rings. The van der Waals surface area contributed by atoms with Crippen molar-refractivity contribution in [1.82, 2.24) is 19.2 Å². The molecular formula is C20H19ClN4O4. The molecule has 2 aromatic heterocycles. The molecule has 8 nitrogen and oxygen atoms in total. The average Bonchev–Trinajstić information content (AvgIpc) is 2.73. The molecule has 3 aromatic rings. The number of aromatic nitrogens is 2. The van der Waals surface area contributed by atoms with E-state index in [2.05, 4.69) is 4.98 Å². The van der Waals surface area contributed by atoms with Crippen LogP contribution in [0.15, 0.2) is 41.3 Å². The molecule has 1 aliphatic heterocycles. The minimum atomic E-state index is -0.374. The number of fused-ring (bicyclic) bond motifs is 2. The average molecular weight is 415 g/mol. The Balaban J connectivity index is 1.67. The van der Waals surface area contributed by atoms with Crippen molar-refractivity contribution in [3.05, 3.63) is 57.5 Å². The van der Waals surface area contributed by atoms with Crippen molar-refractivity contribution in [3.8, 4) is 0 Å². The zero-order valence-corrected chi connectivity index (χ0v) is 16.6. The third-order valence-electron chi connectivity index (χ3n) is 4.93. The lowest BCUT2D eigenvalue weighted by molar-refractivity contribution is 0.0571. The molecule has 0 aliphatic carbocycles. The summed E-state index contributed by atoms with van der Waals surface area (Å²) >= 11 is 6.04. The second kappa shape index (κ2) is 7.71. The maximum atomic E-state index is 13.1. The van der Waals surface area contributed by atoms with E-state index in [1.807, 2.05) is 0 Å². The molecule has 0 N–H and O–H groups in total. The molecule has 0 atom stereocenters. The number of halogens is 1. The molecule has 1 fully saturated rings. The summed E-state index contributed by atoms with van der Waals surface area (Å²) in [5, 5.41) is 0.896. The number of hydrogen-bond donors (Lipinski definition) is 0. The smallest absolute Gasteiger partial charge is 0.409 e. The van der Waals surface area contributed by atoms with Gasteiger partial charge in [-0.25, -0.2) is 9.78 Å². The van der Waals surface area contributed by atoms with Crippen molar-refractivity contribution >= 4 is 40.2 Å². The Morgan fingerprint density at radius 3 is 2.59 bits per heavy atom. The third-order valence-corrected chi connectivity index (χ3v) is 5.16. The number of ether oxygens (including phenoxy) is 1. The lowest BCUT2D eigenvalue weighted by atomic mass is 10.2. The van der Waals surface area contributed by atoms with Crippen molar-refractivity contribution < 1.29 is 14.3 Å². The maximum absolute atomic E-state index is 13.1. The van der Waals surface area contributed by atoms with Crippen LogP contribution in [0.3, 0.4) is 0 Å². The predicted octanol–water partition coefficient (Wildman–Crippen LogP) is 2.42. The van der Waals surface area contributed by atoms with Crippen LogP contribution in [0.25, 0.3) is 16.6 Å². The first-order chi connectivity index (χ1) is 14.0. The number of pyridine rings is 1. The largest absolute Gasteiger partial charge is 0.450 e. The highest BCUT2D eigenvalue weighted by atomic mass is 35.5. The van der Waals surface area contributed by atoms with Crippen LogP contribution < -0.4 is 5.56 Å². The van der Waals surface area contributed by atoms with Crippen LogP contribution in [0.1, 0.15) is 17.3 Å². The monoisotopic (exact) mass is 414 g/mol. The molecule has 0 unspecified atom stereocenters. The predicted molar refractivity (Wildman–Crippen MR) is 108 cm³/mol. The van der Waals surface area contributed by atoms with Crippen LogP contribution in [0.2, 0.25) is 5.02 Å². The first-order valence-corrected chi connectivity index (χ1v) is 9.69. The van der Waals surface area contributed by atoms with Gasteiger partial charge in [-0.05, 0) is 37.3 Å². The second-order valence-electron chi connectivity index (χ2n) is 6.67. The van der Waals surface area contributed by atoms with Gasteiger partial charge in [0.2, 0.25) is 0 Å². The van der Waals surface area contributed by atoms with Gasteiger partial charge in [0.15, 0.2) is 5.65 Å². The van der Waals surface area contributed by atoms with E-state index < -0.39 is 0 Å². The highest BCUT2D eigenvalue weighted by Gasteiger charge is 2.27. The van der Waals surface area contributed by atoms with Gasteiger partial charge in [0, 0.05) is 37.4 Å². The van der Waals surface area contributed by atoms with Gasteiger partial charge in [-0.2, -0.15) is 0 Å². The Hall–Kier alpha value is -3.13. The van der Waals surface area contributed by atoms with Crippen molar-refractivity contribution in [1.29, 1.82) is 0 Å². The molecule has 0 bridgehead atoms. The van der Waals surface area contributed by atoms with Gasteiger partial charge in [0.25, 0.3) is 11.5 Å². The number of nitrogens with zero attached hydrogens (tertiary/aromatic N) is 4. The minimum Gasteiger partial charge on any atom is -0.450 e. The summed E-state index contributed by atoms with van der Waals surface area (Å²) in [6.07, 6.45) is 1.22. The molecular weight excluding hydrogens is 396 g/mol. The lowest BCUT2D eigenvalue weighted by Crippen LogP contribution is -2.50. The molecule has 1 saturated heterocycles. The number of carbonyl (C=O) groups is 2. The lowest BCUT2D eigenvalue weighted by Gasteiger charge is -2.34. The van der Waals surface area contributed by atoms with Gasteiger partial charge in [0.05, 0.1) is 23.1 Å². The van der Waals surface area contributed by atoms with Gasteiger partial charge < -0.3 is 14.5 Å². The summed E-state index contributed by atoms with van der Waals surface area (Å²) in [6.45, 7) is 3.60. The van der Waals surface area contributed by atoms with Crippen LogP contribution in [0, 0.1) is 0 Å². The molecule has 3 heterocycles. The first kappa shape index (κ1) is 19.2. The zero-order valence-electron chi connectivity index (χ0n) is 15.8. The van der Waals surface area contributed by atoms with Crippen LogP contribution in [-0.2, 0) is 4.74 Å². The Kier molecular flexibility index (Phi) is 5.10. The van der Waals surface area contributed by atoms with Gasteiger partial charge in [0.1, 0.15) is 0 Å². The number of carbonyl (C=O) groups excluding carboxylic acids is 2. The molecule has 150 valence electrons. The van der Waals surface area contributed by atoms with E-state index in [-0.39, 0.29) is 23.2 Å². The summed E-state index contributed by atoms with van der Waals surface area (Å²) in [5.41, 5.74) is 0.791. The molecule has 1 aromatic carbocycles. The van der Waals surface area contributed by atoms with Crippen LogP contribution >= 0.6 is 11.6 Å². The standard InChI is InChI=1S/C20H19ClN4O4/c1-2-29-20(28)24-10-8-23(9-11-24)18(26)15-4-3-7-25-17(15)22-16-12-13(21)5-6-14(16)19(25)27/h3-7,12H,2,8-11H2,1H3. The molecule has 0 spiro atoms. The number of amides is 2. The Bertz CT molecular complexity index is 1170. The van der Waals surface area contributed by atoms with E-state index in [0.717, 1.165) is 0 Å². The number of hydrogen-bond acceptors (Lipinski definition) is 5. The van der Waals surface area contributed by atoms with E-state index in [4.69, 9.17) is 16.3 Å². The quantitative estimate of drug-likeness (QED) is 0.601. The van der Waals surface area contributed by atoms with Crippen LogP contribution in [0.4, 0.5) is 4.79 Å². The van der Waals surface area contributed by atoms with E-state index in [0.29, 0.717) is 54.3 Å². The van der Waals surface area contributed by atoms with E-state index in [1.54, 1.807) is 53.3 Å². The Morgan fingerprint density at radius 1 is 1.14 bits per heavy atom. The maximum Gasteiger partial charge on any atom is 0.409 e. The third kappa shape index (κ3) is 3.51. The highest BCUT2D eigenvalue weighted by molar-refractivity contribution is 6.31. The fourth-order valence-electron chi connectivity index (χ4n) is 3.44. The second-order valence-corrected chi connectivity index (χ2v) is 7.11. The normalized spacial score (nSPS) is 14.4. The fourth-order valence-corrected chi connectivity index (χ4v) is 3.61. The summed E-state index contributed by atoms with van der Waals surface area (Å²) in [4.78, 5) is 45.6. The topological polar surface area (TPSA) is 84.2 Å². The molecule has 0 radical (unpaired) electrons. The van der Waals surface area contributed by atoms with Crippen LogP contribution in [-0.4, -0.2) is 64.0 Å². The number of rotatable bonds is 2. The molecule has 4 rings (SSSR count). The van der Waals surface area contributed by atoms with Gasteiger partial charge in [-0.3, -0.25) is 14.0 Å². The van der Waals surface area contributed by atoms with Gasteiger partial charge in [-0.1, -0.05) is 11.6 Å². The van der Waals surface area contributed by atoms with Crippen molar-refractivity contribution in [3.63, 3.8) is 0 Å². The minimum absolute atomic E-state index is 0.236. The SMILES string of the molecule is CCOC(=O)N1CCN(C(=O)c2cccn3c(=O)c4ccc(Cl)cc4nc23)CC1. The first-order valence-electron chi connectivity index (χ1n) is 9.31. The fraction of sp³-hybridized carbons (Fsp3) is 0.300. The van der Waals surface area contributed by atoms with E-state index >= 15 is 0 Å². The summed E-state index contributed by atoms with van der Waals surface area (Å²) in [5.74, 6) is -0.236. The summed E-state index contributed by atoms with van der Waals surface area (Å²) in [7, 11) is 0. The van der Waals surface area contributed by atoms with E-state index in [1.165, 1.54) is 4.40 Å². The molecule has 0 saturated carbocycles. The molecule has 9 heteroatoms. The summed E-state index contributed by atoms with van der Waals surface area (Å²) in [6, 6.07) is 8.18. The van der Waals surface area contributed by atoms with Gasteiger partial charge in [-0.15, -0.1) is 0 Å². The van der Waals surface area contributed by atoms with Crippen molar-refractivity contribution in [2.45, 2.75) is 6.92 Å². The Labute approximate surface area is 171 Å². The number of piperazine rings is 1. The van der Waals surface area contributed by atoms with Crippen molar-refractivity contribution in [2.75, 3.05) is 32.8 Å².